The number of rotatable bonds is 4. The minimum Gasteiger partial charge on any atom is -0.299 e. The van der Waals surface area contributed by atoms with Crippen LogP contribution in [0.5, 0.6) is 0 Å². The molecule has 1 rings (SSSR count). The highest BCUT2D eigenvalue weighted by Gasteiger charge is 2.41. The highest BCUT2D eigenvalue weighted by atomic mass is 15.0. The smallest absolute Gasteiger partial charge is 0.106 e. The first kappa shape index (κ1) is 8.55. The summed E-state index contributed by atoms with van der Waals surface area (Å²) in [6.45, 7) is 5.10. The van der Waals surface area contributed by atoms with Crippen LogP contribution in [0.3, 0.4) is 0 Å². The van der Waals surface area contributed by atoms with E-state index >= 15 is 0 Å². The van der Waals surface area contributed by atoms with Crippen molar-refractivity contribution in [3.05, 3.63) is 0 Å². The van der Waals surface area contributed by atoms with Gasteiger partial charge in [-0.05, 0) is 38.6 Å². The third-order valence-electron chi connectivity index (χ3n) is 2.37. The number of nitrogens with zero attached hydrogens (tertiary/aromatic N) is 1. The quantitative estimate of drug-likeness (QED) is 0.665. The van der Waals surface area contributed by atoms with Crippen molar-refractivity contribution < 1.29 is 0 Å². The zero-order chi connectivity index (χ0) is 8.32. The van der Waals surface area contributed by atoms with Crippen molar-refractivity contribution in [2.24, 2.45) is 5.92 Å². The lowest BCUT2D eigenvalue weighted by atomic mass is 9.98. The van der Waals surface area contributed by atoms with Crippen LogP contribution in [0.4, 0.5) is 0 Å². The van der Waals surface area contributed by atoms with Gasteiger partial charge in [-0.15, -0.1) is 0 Å². The molecule has 2 heteroatoms. The second kappa shape index (κ2) is 3.23. The molecule has 1 fully saturated rings. The van der Waals surface area contributed by atoms with Crippen molar-refractivity contribution in [2.45, 2.75) is 38.6 Å². The van der Waals surface area contributed by atoms with Crippen LogP contribution < -0.4 is 5.32 Å². The van der Waals surface area contributed by atoms with E-state index in [-0.39, 0.29) is 5.54 Å². The minimum absolute atomic E-state index is 0.240. The van der Waals surface area contributed by atoms with E-state index in [1.807, 2.05) is 6.92 Å². The van der Waals surface area contributed by atoms with E-state index in [4.69, 9.17) is 5.26 Å². The van der Waals surface area contributed by atoms with E-state index in [0.29, 0.717) is 5.92 Å². The fourth-order valence-electron chi connectivity index (χ4n) is 1.32. The Morgan fingerprint density at radius 3 is 2.64 bits per heavy atom. The van der Waals surface area contributed by atoms with E-state index < -0.39 is 0 Å². The average Bonchev–Trinajstić information content (AvgIpc) is 2.82. The van der Waals surface area contributed by atoms with Crippen LogP contribution >= 0.6 is 0 Å². The fourth-order valence-corrected chi connectivity index (χ4v) is 1.32. The third-order valence-corrected chi connectivity index (χ3v) is 2.37. The van der Waals surface area contributed by atoms with Gasteiger partial charge in [0.25, 0.3) is 0 Å². The molecule has 0 heterocycles. The van der Waals surface area contributed by atoms with Crippen LogP contribution in [-0.4, -0.2) is 12.1 Å². The van der Waals surface area contributed by atoms with Gasteiger partial charge >= 0.3 is 0 Å². The van der Waals surface area contributed by atoms with Crippen LogP contribution in [0.2, 0.25) is 0 Å². The Morgan fingerprint density at radius 2 is 2.27 bits per heavy atom. The summed E-state index contributed by atoms with van der Waals surface area (Å²) in [6, 6.07) is 2.36. The van der Waals surface area contributed by atoms with Gasteiger partial charge in [0.05, 0.1) is 6.07 Å². The molecule has 0 spiro atoms. The van der Waals surface area contributed by atoms with Gasteiger partial charge in [-0.2, -0.15) is 5.26 Å². The van der Waals surface area contributed by atoms with Gasteiger partial charge in [0.2, 0.25) is 0 Å². The maximum Gasteiger partial charge on any atom is 0.106 e. The molecule has 1 aliphatic rings. The Balaban J connectivity index is 2.40. The van der Waals surface area contributed by atoms with Crippen LogP contribution in [0.15, 0.2) is 0 Å². The first-order valence-corrected chi connectivity index (χ1v) is 4.39. The molecular weight excluding hydrogens is 136 g/mol. The number of nitrogens with one attached hydrogen (secondary N) is 1. The Labute approximate surface area is 68.6 Å². The largest absolute Gasteiger partial charge is 0.299 e. The SMILES string of the molecule is CCCNC(C)(C#N)C1CC1. The van der Waals surface area contributed by atoms with Gasteiger partial charge in [0.15, 0.2) is 0 Å². The monoisotopic (exact) mass is 152 g/mol. The molecule has 0 aromatic rings. The Hall–Kier alpha value is -0.550. The van der Waals surface area contributed by atoms with E-state index in [1.165, 1.54) is 12.8 Å². The van der Waals surface area contributed by atoms with Gasteiger partial charge in [-0.1, -0.05) is 6.92 Å². The predicted octanol–water partition coefficient (Wildman–Crippen LogP) is 1.68. The lowest BCUT2D eigenvalue weighted by Gasteiger charge is -2.22. The number of nitriles is 1. The van der Waals surface area contributed by atoms with Gasteiger partial charge in [-0.3, -0.25) is 5.32 Å². The number of hydrogen-bond acceptors (Lipinski definition) is 2. The zero-order valence-electron chi connectivity index (χ0n) is 7.35. The van der Waals surface area contributed by atoms with Crippen molar-refractivity contribution >= 4 is 0 Å². The molecule has 0 aromatic heterocycles. The van der Waals surface area contributed by atoms with Crippen molar-refractivity contribution in [3.63, 3.8) is 0 Å². The van der Waals surface area contributed by atoms with Crippen molar-refractivity contribution in [1.82, 2.24) is 5.32 Å². The number of hydrogen-bond donors (Lipinski definition) is 1. The summed E-state index contributed by atoms with van der Waals surface area (Å²) in [5.74, 6) is 0.610. The van der Waals surface area contributed by atoms with Crippen LogP contribution in [-0.2, 0) is 0 Å². The summed E-state index contributed by atoms with van der Waals surface area (Å²) in [4.78, 5) is 0. The van der Waals surface area contributed by atoms with Gasteiger partial charge < -0.3 is 0 Å². The summed E-state index contributed by atoms with van der Waals surface area (Å²) in [7, 11) is 0. The minimum atomic E-state index is -0.240. The molecule has 11 heavy (non-hydrogen) atoms. The van der Waals surface area contributed by atoms with Crippen molar-refractivity contribution in [1.29, 1.82) is 5.26 Å². The summed E-state index contributed by atoms with van der Waals surface area (Å²) in [6.07, 6.45) is 3.55. The van der Waals surface area contributed by atoms with E-state index in [9.17, 15) is 0 Å². The molecule has 1 saturated carbocycles. The normalized spacial score (nSPS) is 22.3. The summed E-state index contributed by atoms with van der Waals surface area (Å²) in [5, 5.41) is 12.2. The highest BCUT2D eigenvalue weighted by Crippen LogP contribution is 2.38. The molecule has 1 N–H and O–H groups in total. The molecule has 2 nitrogen and oxygen atoms in total. The fraction of sp³-hybridized carbons (Fsp3) is 0.889. The van der Waals surface area contributed by atoms with E-state index in [2.05, 4.69) is 18.3 Å². The molecule has 1 atom stereocenters. The second-order valence-corrected chi connectivity index (χ2v) is 3.52. The highest BCUT2D eigenvalue weighted by molar-refractivity contribution is 5.12. The standard InChI is InChI=1S/C9H16N2/c1-3-6-11-9(2,7-10)8-4-5-8/h8,11H,3-6H2,1-2H3. The van der Waals surface area contributed by atoms with E-state index in [1.54, 1.807) is 0 Å². The first-order valence-electron chi connectivity index (χ1n) is 4.39. The van der Waals surface area contributed by atoms with Crippen molar-refractivity contribution in [2.75, 3.05) is 6.54 Å². The van der Waals surface area contributed by atoms with E-state index in [0.717, 1.165) is 13.0 Å². The maximum absolute atomic E-state index is 8.91. The molecule has 0 aromatic carbocycles. The van der Waals surface area contributed by atoms with Crippen LogP contribution in [0.25, 0.3) is 0 Å². The topological polar surface area (TPSA) is 35.8 Å². The van der Waals surface area contributed by atoms with Crippen LogP contribution in [0.1, 0.15) is 33.1 Å². The first-order chi connectivity index (χ1) is 5.23. The maximum atomic E-state index is 8.91. The molecule has 62 valence electrons. The molecule has 0 bridgehead atoms. The van der Waals surface area contributed by atoms with Gasteiger partial charge in [0, 0.05) is 0 Å². The Kier molecular flexibility index (Phi) is 2.51. The van der Waals surface area contributed by atoms with Gasteiger partial charge in [-0.25, -0.2) is 0 Å². The molecule has 0 radical (unpaired) electrons. The van der Waals surface area contributed by atoms with Gasteiger partial charge in [0.1, 0.15) is 5.54 Å². The second-order valence-electron chi connectivity index (χ2n) is 3.52. The average molecular weight is 152 g/mol. The molecule has 0 amide bonds. The molecular formula is C9H16N2. The summed E-state index contributed by atoms with van der Waals surface area (Å²) < 4.78 is 0. The predicted molar refractivity (Wildman–Crippen MR) is 45.0 cm³/mol. The Morgan fingerprint density at radius 1 is 1.64 bits per heavy atom. The van der Waals surface area contributed by atoms with Crippen molar-refractivity contribution in [3.8, 4) is 6.07 Å². The molecule has 1 unspecified atom stereocenters. The summed E-state index contributed by atoms with van der Waals surface area (Å²) in [5.41, 5.74) is -0.240. The summed E-state index contributed by atoms with van der Waals surface area (Å²) >= 11 is 0. The Bertz CT molecular complexity index is 167. The molecule has 0 saturated heterocycles. The molecule has 1 aliphatic carbocycles. The molecule has 0 aliphatic heterocycles. The lowest BCUT2D eigenvalue weighted by molar-refractivity contribution is 0.398. The lowest BCUT2D eigenvalue weighted by Crippen LogP contribution is -2.43. The van der Waals surface area contributed by atoms with Crippen LogP contribution in [0, 0.1) is 17.2 Å². The zero-order valence-corrected chi connectivity index (χ0v) is 7.35. The third kappa shape index (κ3) is 1.94.